The lowest BCUT2D eigenvalue weighted by atomic mass is 10.2. The molecule has 1 heterocycles. The Morgan fingerprint density at radius 2 is 1.88 bits per heavy atom. The Bertz CT molecular complexity index is 883. The molecule has 0 saturated heterocycles. The summed E-state index contributed by atoms with van der Waals surface area (Å²) < 4.78 is 25.9. The smallest absolute Gasteiger partial charge is 0.180 e. The number of halogens is 2. The molecule has 0 unspecified atom stereocenters. The molecule has 0 atom stereocenters. The second kappa shape index (κ2) is 8.44. The van der Waals surface area contributed by atoms with E-state index >= 15 is 0 Å². The van der Waals surface area contributed by atoms with Crippen LogP contribution in [-0.4, -0.2) is 27.7 Å². The van der Waals surface area contributed by atoms with Crippen LogP contribution in [0.15, 0.2) is 54.2 Å². The Balaban J connectivity index is 1.80. The Morgan fingerprint density at radius 3 is 2.58 bits per heavy atom. The Kier molecular flexibility index (Phi) is 5.80. The highest BCUT2D eigenvalue weighted by molar-refractivity contribution is 6.32. The Hall–Kier alpha value is -2.93. The van der Waals surface area contributed by atoms with Gasteiger partial charge in [-0.25, -0.2) is 9.07 Å². The van der Waals surface area contributed by atoms with E-state index < -0.39 is 0 Å². The SMILES string of the molecule is CCOc1cc(/C=N/n2cnnc2)cc(Cl)c1OCc1ccc(F)cc1. The topological polar surface area (TPSA) is 61.5 Å². The van der Waals surface area contributed by atoms with E-state index in [1.807, 2.05) is 6.92 Å². The summed E-state index contributed by atoms with van der Waals surface area (Å²) in [4.78, 5) is 0. The summed E-state index contributed by atoms with van der Waals surface area (Å²) in [7, 11) is 0. The van der Waals surface area contributed by atoms with Crippen molar-refractivity contribution in [3.05, 3.63) is 71.0 Å². The molecular formula is C18H16ClFN4O2. The van der Waals surface area contributed by atoms with Crippen LogP contribution in [-0.2, 0) is 6.61 Å². The minimum Gasteiger partial charge on any atom is -0.490 e. The number of hydrogen-bond acceptors (Lipinski definition) is 5. The molecule has 3 aromatic rings. The number of benzene rings is 2. The van der Waals surface area contributed by atoms with Gasteiger partial charge in [0.05, 0.1) is 17.8 Å². The number of aromatic nitrogens is 3. The number of nitrogens with zero attached hydrogens (tertiary/aromatic N) is 4. The molecule has 134 valence electrons. The van der Waals surface area contributed by atoms with Crippen molar-refractivity contribution in [3.63, 3.8) is 0 Å². The molecule has 0 radical (unpaired) electrons. The average molecular weight is 375 g/mol. The van der Waals surface area contributed by atoms with Crippen molar-refractivity contribution < 1.29 is 13.9 Å². The summed E-state index contributed by atoms with van der Waals surface area (Å²) in [6, 6.07) is 9.58. The molecule has 0 spiro atoms. The fourth-order valence-corrected chi connectivity index (χ4v) is 2.46. The average Bonchev–Trinajstić information content (AvgIpc) is 3.14. The molecule has 0 amide bonds. The van der Waals surface area contributed by atoms with Crippen molar-refractivity contribution in [2.75, 3.05) is 6.61 Å². The first-order chi connectivity index (χ1) is 12.7. The molecule has 2 aromatic carbocycles. The zero-order chi connectivity index (χ0) is 18.4. The zero-order valence-electron chi connectivity index (χ0n) is 14.0. The van der Waals surface area contributed by atoms with Crippen molar-refractivity contribution in [1.29, 1.82) is 0 Å². The van der Waals surface area contributed by atoms with Gasteiger partial charge in [0.1, 0.15) is 25.1 Å². The van der Waals surface area contributed by atoms with Crippen LogP contribution in [0.5, 0.6) is 11.5 Å². The van der Waals surface area contributed by atoms with Crippen LogP contribution in [0.4, 0.5) is 4.39 Å². The first-order valence-corrected chi connectivity index (χ1v) is 8.26. The largest absolute Gasteiger partial charge is 0.490 e. The standard InChI is InChI=1S/C18H16ClFN4O2/c1-2-25-17-8-14(9-23-24-11-21-22-12-24)7-16(19)18(17)26-10-13-3-5-15(20)6-4-13/h3-9,11-12H,2,10H2,1H3/b23-9+. The summed E-state index contributed by atoms with van der Waals surface area (Å²) in [5, 5.41) is 11.9. The molecule has 0 saturated carbocycles. The number of ether oxygens (including phenoxy) is 2. The summed E-state index contributed by atoms with van der Waals surface area (Å²) in [6.45, 7) is 2.57. The molecule has 0 fully saturated rings. The van der Waals surface area contributed by atoms with E-state index in [-0.39, 0.29) is 12.4 Å². The normalized spacial score (nSPS) is 11.0. The predicted octanol–water partition coefficient (Wildman–Crippen LogP) is 3.93. The van der Waals surface area contributed by atoms with Gasteiger partial charge >= 0.3 is 0 Å². The van der Waals surface area contributed by atoms with Gasteiger partial charge in [-0.15, -0.1) is 10.2 Å². The molecule has 0 N–H and O–H groups in total. The van der Waals surface area contributed by atoms with Gasteiger partial charge in [0.2, 0.25) is 0 Å². The lowest BCUT2D eigenvalue weighted by molar-refractivity contribution is 0.269. The van der Waals surface area contributed by atoms with E-state index in [1.54, 1.807) is 30.5 Å². The van der Waals surface area contributed by atoms with Crippen LogP contribution in [0.25, 0.3) is 0 Å². The molecule has 26 heavy (non-hydrogen) atoms. The van der Waals surface area contributed by atoms with Gasteiger partial charge in [-0.05, 0) is 42.3 Å². The molecule has 1 aromatic heterocycles. The lowest BCUT2D eigenvalue weighted by Crippen LogP contribution is -2.01. The third-order valence-corrected chi connectivity index (χ3v) is 3.66. The molecule has 0 aliphatic heterocycles. The first kappa shape index (κ1) is 17.9. The van der Waals surface area contributed by atoms with Crippen LogP contribution in [0.3, 0.4) is 0 Å². The summed E-state index contributed by atoms with van der Waals surface area (Å²) in [6.07, 6.45) is 4.56. The summed E-state index contributed by atoms with van der Waals surface area (Å²) in [5.41, 5.74) is 1.56. The Labute approximate surface area is 154 Å². The quantitative estimate of drug-likeness (QED) is 0.588. The predicted molar refractivity (Wildman–Crippen MR) is 96.4 cm³/mol. The molecule has 6 nitrogen and oxygen atoms in total. The van der Waals surface area contributed by atoms with E-state index in [1.165, 1.54) is 29.5 Å². The van der Waals surface area contributed by atoms with Crippen molar-refractivity contribution in [1.82, 2.24) is 14.9 Å². The van der Waals surface area contributed by atoms with Crippen molar-refractivity contribution in [3.8, 4) is 11.5 Å². The highest BCUT2D eigenvalue weighted by atomic mass is 35.5. The first-order valence-electron chi connectivity index (χ1n) is 7.88. The number of hydrogen-bond donors (Lipinski definition) is 0. The van der Waals surface area contributed by atoms with Gasteiger partial charge < -0.3 is 9.47 Å². The van der Waals surface area contributed by atoms with E-state index in [0.29, 0.717) is 23.1 Å². The zero-order valence-corrected chi connectivity index (χ0v) is 14.7. The van der Waals surface area contributed by atoms with Crippen LogP contribution < -0.4 is 9.47 Å². The Morgan fingerprint density at radius 1 is 1.15 bits per heavy atom. The minimum atomic E-state index is -0.293. The lowest BCUT2D eigenvalue weighted by Gasteiger charge is -2.14. The second-order valence-electron chi connectivity index (χ2n) is 5.26. The van der Waals surface area contributed by atoms with Crippen LogP contribution in [0, 0.1) is 5.82 Å². The highest BCUT2D eigenvalue weighted by Crippen LogP contribution is 2.37. The summed E-state index contributed by atoms with van der Waals surface area (Å²) in [5.74, 6) is 0.644. The maximum absolute atomic E-state index is 13.0. The van der Waals surface area contributed by atoms with Gasteiger partial charge in [-0.1, -0.05) is 23.7 Å². The third-order valence-electron chi connectivity index (χ3n) is 3.37. The van der Waals surface area contributed by atoms with Gasteiger partial charge in [-0.2, -0.15) is 5.10 Å². The molecule has 0 aliphatic rings. The van der Waals surface area contributed by atoms with Crippen LogP contribution >= 0.6 is 11.6 Å². The van der Waals surface area contributed by atoms with E-state index in [2.05, 4.69) is 15.3 Å². The fourth-order valence-electron chi connectivity index (χ4n) is 2.19. The van der Waals surface area contributed by atoms with Crippen molar-refractivity contribution >= 4 is 17.8 Å². The van der Waals surface area contributed by atoms with Gasteiger partial charge in [0.25, 0.3) is 0 Å². The van der Waals surface area contributed by atoms with Crippen molar-refractivity contribution in [2.24, 2.45) is 5.10 Å². The number of rotatable bonds is 7. The molecule has 0 aliphatic carbocycles. The second-order valence-corrected chi connectivity index (χ2v) is 5.67. The minimum absolute atomic E-state index is 0.244. The van der Waals surface area contributed by atoms with E-state index in [4.69, 9.17) is 21.1 Å². The van der Waals surface area contributed by atoms with E-state index in [0.717, 1.165) is 11.1 Å². The van der Waals surface area contributed by atoms with E-state index in [9.17, 15) is 4.39 Å². The maximum Gasteiger partial charge on any atom is 0.180 e. The van der Waals surface area contributed by atoms with Gasteiger partial charge in [-0.3, -0.25) is 0 Å². The van der Waals surface area contributed by atoms with Crippen LogP contribution in [0.1, 0.15) is 18.1 Å². The van der Waals surface area contributed by atoms with Crippen LogP contribution in [0.2, 0.25) is 5.02 Å². The van der Waals surface area contributed by atoms with Gasteiger partial charge in [0, 0.05) is 0 Å². The molecule has 3 rings (SSSR count). The maximum atomic E-state index is 13.0. The molecule has 0 bridgehead atoms. The van der Waals surface area contributed by atoms with Gasteiger partial charge in [0.15, 0.2) is 11.5 Å². The van der Waals surface area contributed by atoms with Crippen molar-refractivity contribution in [2.45, 2.75) is 13.5 Å². The fraction of sp³-hybridized carbons (Fsp3) is 0.167. The monoisotopic (exact) mass is 374 g/mol. The third kappa shape index (κ3) is 4.58. The molecular weight excluding hydrogens is 359 g/mol. The molecule has 8 heteroatoms. The highest BCUT2D eigenvalue weighted by Gasteiger charge is 2.12. The summed E-state index contributed by atoms with van der Waals surface area (Å²) >= 11 is 6.36.